The summed E-state index contributed by atoms with van der Waals surface area (Å²) in [7, 11) is 3.25. The van der Waals surface area contributed by atoms with Crippen molar-refractivity contribution in [3.8, 4) is 11.5 Å². The standard InChI is InChI=1S/C22H23NO5/c1-27-16-5-6-20(28-2)18(10-16)17-11-19(17)21(24)23-8-7-13-3-4-14(22(25)26)9-15(13)12-23/h3-6,9-10,17,19H,7-8,11-12H2,1-2H3,(H,25,26). The minimum absolute atomic E-state index is 0.0646. The molecule has 1 N–H and O–H groups in total. The third kappa shape index (κ3) is 3.30. The smallest absolute Gasteiger partial charge is 0.335 e. The molecule has 0 radical (unpaired) electrons. The molecule has 2 unspecified atom stereocenters. The molecule has 28 heavy (non-hydrogen) atoms. The second-order valence-corrected chi connectivity index (χ2v) is 7.36. The summed E-state index contributed by atoms with van der Waals surface area (Å²) >= 11 is 0. The van der Waals surface area contributed by atoms with Gasteiger partial charge >= 0.3 is 5.97 Å². The maximum absolute atomic E-state index is 13.1. The van der Waals surface area contributed by atoms with Crippen LogP contribution in [-0.2, 0) is 17.8 Å². The summed E-state index contributed by atoms with van der Waals surface area (Å²) in [5.74, 6) is 0.771. The summed E-state index contributed by atoms with van der Waals surface area (Å²) in [6, 6.07) is 10.8. The van der Waals surface area contributed by atoms with E-state index in [-0.39, 0.29) is 23.3 Å². The zero-order valence-electron chi connectivity index (χ0n) is 16.0. The average Bonchev–Trinajstić information content (AvgIpc) is 3.52. The zero-order valence-corrected chi connectivity index (χ0v) is 16.0. The van der Waals surface area contributed by atoms with Gasteiger partial charge in [0.25, 0.3) is 0 Å². The number of aromatic carboxylic acids is 1. The lowest BCUT2D eigenvalue weighted by Gasteiger charge is -2.29. The average molecular weight is 381 g/mol. The topological polar surface area (TPSA) is 76.1 Å². The molecule has 0 bridgehead atoms. The molecule has 2 aromatic rings. The largest absolute Gasteiger partial charge is 0.497 e. The third-order valence-electron chi connectivity index (χ3n) is 5.72. The molecule has 2 aliphatic rings. The van der Waals surface area contributed by atoms with Gasteiger partial charge in [0, 0.05) is 30.5 Å². The highest BCUT2D eigenvalue weighted by Gasteiger charge is 2.47. The van der Waals surface area contributed by atoms with Gasteiger partial charge in [-0.1, -0.05) is 6.07 Å². The molecule has 0 aromatic heterocycles. The van der Waals surface area contributed by atoms with Crippen molar-refractivity contribution >= 4 is 11.9 Å². The van der Waals surface area contributed by atoms with E-state index < -0.39 is 5.97 Å². The van der Waals surface area contributed by atoms with Crippen LogP contribution < -0.4 is 9.47 Å². The molecule has 1 saturated carbocycles. The Bertz CT molecular complexity index is 939. The van der Waals surface area contributed by atoms with Gasteiger partial charge in [-0.25, -0.2) is 4.79 Å². The number of benzene rings is 2. The van der Waals surface area contributed by atoms with Crippen molar-refractivity contribution in [3.05, 3.63) is 58.7 Å². The van der Waals surface area contributed by atoms with Crippen LogP contribution in [0.2, 0.25) is 0 Å². The molecule has 0 spiro atoms. The van der Waals surface area contributed by atoms with E-state index in [4.69, 9.17) is 9.47 Å². The number of ether oxygens (including phenoxy) is 2. The van der Waals surface area contributed by atoms with Gasteiger partial charge in [-0.3, -0.25) is 4.79 Å². The Morgan fingerprint density at radius 2 is 1.89 bits per heavy atom. The quantitative estimate of drug-likeness (QED) is 0.861. The number of methoxy groups -OCH3 is 2. The Morgan fingerprint density at radius 1 is 1.07 bits per heavy atom. The van der Waals surface area contributed by atoms with Crippen molar-refractivity contribution in [1.82, 2.24) is 4.90 Å². The highest BCUT2D eigenvalue weighted by Crippen LogP contribution is 2.52. The van der Waals surface area contributed by atoms with Crippen molar-refractivity contribution < 1.29 is 24.2 Å². The van der Waals surface area contributed by atoms with Crippen molar-refractivity contribution in [2.45, 2.75) is 25.3 Å². The fourth-order valence-corrected chi connectivity index (χ4v) is 4.05. The minimum atomic E-state index is -0.946. The van der Waals surface area contributed by atoms with Crippen molar-refractivity contribution in [1.29, 1.82) is 0 Å². The Balaban J connectivity index is 1.50. The van der Waals surface area contributed by atoms with Crippen LogP contribution in [0.5, 0.6) is 11.5 Å². The van der Waals surface area contributed by atoms with E-state index >= 15 is 0 Å². The first-order chi connectivity index (χ1) is 13.5. The molecule has 1 amide bonds. The number of nitrogens with zero attached hydrogens (tertiary/aromatic N) is 1. The minimum Gasteiger partial charge on any atom is -0.497 e. The number of carboxylic acid groups (broad SMARTS) is 1. The molecule has 2 atom stereocenters. The second-order valence-electron chi connectivity index (χ2n) is 7.36. The molecule has 6 heteroatoms. The lowest BCUT2D eigenvalue weighted by Crippen LogP contribution is -2.37. The second kappa shape index (κ2) is 7.19. The highest BCUT2D eigenvalue weighted by atomic mass is 16.5. The number of carbonyl (C=O) groups is 2. The molecule has 0 saturated heterocycles. The first-order valence-corrected chi connectivity index (χ1v) is 9.37. The number of carboxylic acids is 1. The van der Waals surface area contributed by atoms with Gasteiger partial charge in [-0.2, -0.15) is 0 Å². The monoisotopic (exact) mass is 381 g/mol. The van der Waals surface area contributed by atoms with Gasteiger partial charge < -0.3 is 19.5 Å². The van der Waals surface area contributed by atoms with E-state index in [1.807, 2.05) is 29.2 Å². The molecule has 146 valence electrons. The van der Waals surface area contributed by atoms with E-state index in [1.54, 1.807) is 26.4 Å². The number of amides is 1. The fraction of sp³-hybridized carbons (Fsp3) is 0.364. The summed E-state index contributed by atoms with van der Waals surface area (Å²) < 4.78 is 10.8. The maximum atomic E-state index is 13.1. The number of fused-ring (bicyclic) bond motifs is 1. The van der Waals surface area contributed by atoms with Crippen LogP contribution in [-0.4, -0.2) is 42.6 Å². The summed E-state index contributed by atoms with van der Waals surface area (Å²) in [6.07, 6.45) is 1.54. The Kier molecular flexibility index (Phi) is 4.71. The molecule has 1 fully saturated rings. The van der Waals surface area contributed by atoms with E-state index in [2.05, 4.69) is 0 Å². The molecular formula is C22H23NO5. The van der Waals surface area contributed by atoms with Gasteiger partial charge in [0.15, 0.2) is 0 Å². The van der Waals surface area contributed by atoms with Gasteiger partial charge in [0.2, 0.25) is 5.91 Å². The first-order valence-electron chi connectivity index (χ1n) is 9.37. The molecule has 6 nitrogen and oxygen atoms in total. The highest BCUT2D eigenvalue weighted by molar-refractivity contribution is 5.88. The summed E-state index contributed by atoms with van der Waals surface area (Å²) in [4.78, 5) is 26.1. The lowest BCUT2D eigenvalue weighted by atomic mass is 9.97. The molecule has 2 aromatic carbocycles. The zero-order chi connectivity index (χ0) is 19.8. The van der Waals surface area contributed by atoms with Crippen molar-refractivity contribution in [3.63, 3.8) is 0 Å². The van der Waals surface area contributed by atoms with Crippen LogP contribution in [0.1, 0.15) is 39.4 Å². The number of rotatable bonds is 5. The Morgan fingerprint density at radius 3 is 2.61 bits per heavy atom. The van der Waals surface area contributed by atoms with E-state index in [1.165, 1.54) is 0 Å². The molecule has 1 aliphatic carbocycles. The SMILES string of the molecule is COc1ccc(OC)c(C2CC2C(=O)N2CCc3ccc(C(=O)O)cc3C2)c1. The summed E-state index contributed by atoms with van der Waals surface area (Å²) in [6.45, 7) is 1.13. The van der Waals surface area contributed by atoms with Gasteiger partial charge in [-0.05, 0) is 54.3 Å². The number of hydrogen-bond donors (Lipinski definition) is 1. The predicted octanol–water partition coefficient (Wildman–Crippen LogP) is 3.09. The predicted molar refractivity (Wildman–Crippen MR) is 103 cm³/mol. The van der Waals surface area contributed by atoms with Crippen LogP contribution in [0.4, 0.5) is 0 Å². The summed E-state index contributed by atoms with van der Waals surface area (Å²) in [5.41, 5.74) is 3.32. The van der Waals surface area contributed by atoms with Crippen LogP contribution >= 0.6 is 0 Å². The van der Waals surface area contributed by atoms with Gasteiger partial charge in [-0.15, -0.1) is 0 Å². The first kappa shape index (κ1) is 18.3. The number of carbonyl (C=O) groups excluding carboxylic acids is 1. The van der Waals surface area contributed by atoms with Crippen molar-refractivity contribution in [2.24, 2.45) is 5.92 Å². The van der Waals surface area contributed by atoms with E-state index in [0.717, 1.165) is 41.0 Å². The van der Waals surface area contributed by atoms with Crippen LogP contribution in [0.15, 0.2) is 36.4 Å². The van der Waals surface area contributed by atoms with Gasteiger partial charge in [0.1, 0.15) is 11.5 Å². The van der Waals surface area contributed by atoms with Crippen LogP contribution in [0, 0.1) is 5.92 Å². The van der Waals surface area contributed by atoms with E-state index in [9.17, 15) is 14.7 Å². The van der Waals surface area contributed by atoms with E-state index in [0.29, 0.717) is 13.1 Å². The normalized spacial score (nSPS) is 20.3. The van der Waals surface area contributed by atoms with Crippen LogP contribution in [0.3, 0.4) is 0 Å². The third-order valence-corrected chi connectivity index (χ3v) is 5.72. The summed E-state index contributed by atoms with van der Waals surface area (Å²) in [5, 5.41) is 9.21. The van der Waals surface area contributed by atoms with Crippen LogP contribution in [0.25, 0.3) is 0 Å². The Labute approximate surface area is 163 Å². The molecule has 4 rings (SSSR count). The number of hydrogen-bond acceptors (Lipinski definition) is 4. The molecular weight excluding hydrogens is 358 g/mol. The Hall–Kier alpha value is -3.02. The molecule has 1 aliphatic heterocycles. The lowest BCUT2D eigenvalue weighted by molar-refractivity contribution is -0.133. The maximum Gasteiger partial charge on any atom is 0.335 e. The fourth-order valence-electron chi connectivity index (χ4n) is 4.05. The molecule has 1 heterocycles. The van der Waals surface area contributed by atoms with Gasteiger partial charge in [0.05, 0.1) is 19.8 Å². The van der Waals surface area contributed by atoms with Crippen molar-refractivity contribution in [2.75, 3.05) is 20.8 Å².